The zero-order valence-corrected chi connectivity index (χ0v) is 21.3. The number of hydrogen-bond acceptors (Lipinski definition) is 2. The van der Waals surface area contributed by atoms with Crippen molar-refractivity contribution in [1.82, 2.24) is 0 Å². The van der Waals surface area contributed by atoms with Crippen LogP contribution >= 0.6 is 15.9 Å². The molecule has 0 unspecified atom stereocenters. The second-order valence-electron chi connectivity index (χ2n) is 8.20. The zero-order valence-electron chi connectivity index (χ0n) is 19.7. The fraction of sp³-hybridized carbons (Fsp3) is 0.167. The molecular formula is C24H10BrF13N2O2. The molecule has 0 radical (unpaired) electrons. The van der Waals surface area contributed by atoms with Crippen molar-refractivity contribution >= 4 is 39.1 Å². The Morgan fingerprint density at radius 1 is 0.690 bits per heavy atom. The monoisotopic (exact) mass is 684 g/mol. The molecule has 0 fully saturated rings. The van der Waals surface area contributed by atoms with E-state index in [9.17, 15) is 62.3 Å². The van der Waals surface area contributed by atoms with Crippen molar-refractivity contribution in [2.24, 2.45) is 0 Å². The maximum absolute atomic E-state index is 15.0. The highest BCUT2D eigenvalue weighted by molar-refractivity contribution is 9.10. The number of carbonyl (C=O) groups excluding carboxylic acids is 2. The summed E-state index contributed by atoms with van der Waals surface area (Å²) in [4.78, 5) is 24.9. The molecule has 2 amide bonds. The predicted octanol–water partition coefficient (Wildman–Crippen LogP) is 8.68. The summed E-state index contributed by atoms with van der Waals surface area (Å²) in [5.41, 5.74) is -15.9. The fourth-order valence-electron chi connectivity index (χ4n) is 3.53. The molecule has 2 N–H and O–H groups in total. The molecule has 3 aromatic rings. The SMILES string of the molecule is O=C(Nc1c(Br)cc(C(F)(C(F)(F)F)C(F)(F)F)cc1C(F)(F)F)c1cccc(NC(=O)c2c(F)cccc2F)c1F. The lowest BCUT2D eigenvalue weighted by Crippen LogP contribution is -2.50. The quantitative estimate of drug-likeness (QED) is 0.264. The standard InChI is InChI=1S/C24H10BrF13N2O2/c25-12-8-9(21(29,23(33,34)35)24(36,37)38)7-11(22(30,31)32)18(12)40-19(41)10-3-1-6-15(17(10)28)39-20(42)16-13(26)4-2-5-14(16)27/h1-8H,(H,39,42)(H,40,41). The molecule has 0 aliphatic rings. The Balaban J connectivity index is 2.06. The van der Waals surface area contributed by atoms with Crippen LogP contribution in [0.2, 0.25) is 0 Å². The number of amides is 2. The van der Waals surface area contributed by atoms with E-state index in [1.54, 1.807) is 5.32 Å². The lowest BCUT2D eigenvalue weighted by Gasteiger charge is -2.31. The Labute approximate surface area is 233 Å². The molecule has 226 valence electrons. The van der Waals surface area contributed by atoms with Gasteiger partial charge in [-0.05, 0) is 52.3 Å². The van der Waals surface area contributed by atoms with Gasteiger partial charge in [-0.3, -0.25) is 9.59 Å². The molecular weight excluding hydrogens is 675 g/mol. The highest BCUT2D eigenvalue weighted by Gasteiger charge is 2.73. The predicted molar refractivity (Wildman–Crippen MR) is 123 cm³/mol. The number of alkyl halides is 10. The van der Waals surface area contributed by atoms with Crippen LogP contribution in [0, 0.1) is 17.5 Å². The van der Waals surface area contributed by atoms with Gasteiger partial charge < -0.3 is 10.6 Å². The third-order valence-corrected chi connectivity index (χ3v) is 6.12. The van der Waals surface area contributed by atoms with E-state index in [-0.39, 0.29) is 6.07 Å². The summed E-state index contributed by atoms with van der Waals surface area (Å²) in [7, 11) is 0. The number of anilines is 2. The van der Waals surface area contributed by atoms with Gasteiger partial charge in [0.15, 0.2) is 5.82 Å². The van der Waals surface area contributed by atoms with Crippen molar-refractivity contribution in [3.05, 3.63) is 92.7 Å². The van der Waals surface area contributed by atoms with E-state index in [4.69, 9.17) is 0 Å². The summed E-state index contributed by atoms with van der Waals surface area (Å²) in [6, 6.07) is 3.44. The first-order valence-electron chi connectivity index (χ1n) is 10.7. The largest absolute Gasteiger partial charge is 0.435 e. The topological polar surface area (TPSA) is 58.2 Å². The molecule has 3 aromatic carbocycles. The highest BCUT2D eigenvalue weighted by atomic mass is 79.9. The molecule has 0 saturated heterocycles. The Bertz CT molecular complexity index is 1510. The van der Waals surface area contributed by atoms with E-state index in [0.29, 0.717) is 18.2 Å². The van der Waals surface area contributed by atoms with E-state index in [2.05, 4.69) is 15.9 Å². The van der Waals surface area contributed by atoms with Gasteiger partial charge in [-0.2, -0.15) is 39.5 Å². The highest BCUT2D eigenvalue weighted by Crippen LogP contribution is 2.55. The molecule has 0 aliphatic carbocycles. The molecule has 0 aliphatic heterocycles. The second-order valence-corrected chi connectivity index (χ2v) is 9.06. The van der Waals surface area contributed by atoms with Gasteiger partial charge >= 0.3 is 24.2 Å². The van der Waals surface area contributed by atoms with Crippen LogP contribution in [0.15, 0.2) is 53.0 Å². The first-order chi connectivity index (χ1) is 19.1. The summed E-state index contributed by atoms with van der Waals surface area (Å²) in [5, 5.41) is 3.21. The molecule has 18 heteroatoms. The molecule has 4 nitrogen and oxygen atoms in total. The third kappa shape index (κ3) is 6.03. The lowest BCUT2D eigenvalue weighted by molar-refractivity contribution is -0.348. The maximum Gasteiger partial charge on any atom is 0.435 e. The average Bonchev–Trinajstić information content (AvgIpc) is 2.83. The minimum atomic E-state index is -6.77. The van der Waals surface area contributed by atoms with Crippen LogP contribution in [0.5, 0.6) is 0 Å². The van der Waals surface area contributed by atoms with E-state index in [1.165, 1.54) is 5.32 Å². The van der Waals surface area contributed by atoms with Gasteiger partial charge in [-0.1, -0.05) is 12.1 Å². The van der Waals surface area contributed by atoms with Gasteiger partial charge in [0, 0.05) is 10.0 Å². The van der Waals surface area contributed by atoms with E-state index in [0.717, 1.165) is 18.2 Å². The summed E-state index contributed by atoms with van der Waals surface area (Å²) in [6.07, 6.45) is -19.3. The van der Waals surface area contributed by atoms with Gasteiger partial charge in [0.05, 0.1) is 22.5 Å². The zero-order chi connectivity index (χ0) is 32.0. The molecule has 0 saturated carbocycles. The minimum absolute atomic E-state index is 0.304. The van der Waals surface area contributed by atoms with Crippen molar-refractivity contribution in [2.45, 2.75) is 24.2 Å². The Morgan fingerprint density at radius 3 is 1.71 bits per heavy atom. The summed E-state index contributed by atoms with van der Waals surface area (Å²) >= 11 is 2.28. The van der Waals surface area contributed by atoms with Gasteiger partial charge in [-0.15, -0.1) is 0 Å². The average molecular weight is 685 g/mol. The van der Waals surface area contributed by atoms with E-state index in [1.807, 2.05) is 0 Å². The smallest absolute Gasteiger partial charge is 0.320 e. The van der Waals surface area contributed by atoms with Crippen LogP contribution in [-0.4, -0.2) is 24.2 Å². The van der Waals surface area contributed by atoms with Crippen LogP contribution in [0.25, 0.3) is 0 Å². The summed E-state index contributed by atoms with van der Waals surface area (Å²) < 4.78 is 176. The van der Waals surface area contributed by atoms with Crippen LogP contribution in [0.1, 0.15) is 31.8 Å². The molecule has 0 aromatic heterocycles. The van der Waals surface area contributed by atoms with Crippen molar-refractivity contribution in [3.8, 4) is 0 Å². The van der Waals surface area contributed by atoms with Crippen molar-refractivity contribution < 1.29 is 66.7 Å². The van der Waals surface area contributed by atoms with Crippen LogP contribution in [0.3, 0.4) is 0 Å². The number of rotatable bonds is 5. The summed E-state index contributed by atoms with van der Waals surface area (Å²) in [5.74, 6) is -7.70. The lowest BCUT2D eigenvalue weighted by atomic mass is 9.92. The van der Waals surface area contributed by atoms with Gasteiger partial charge in [0.25, 0.3) is 11.8 Å². The van der Waals surface area contributed by atoms with E-state index >= 15 is 4.39 Å². The molecule has 3 rings (SSSR count). The molecule has 42 heavy (non-hydrogen) atoms. The Hall–Kier alpha value is -3.83. The van der Waals surface area contributed by atoms with Crippen LogP contribution in [0.4, 0.5) is 68.5 Å². The normalized spacial score (nSPS) is 12.7. The first kappa shape index (κ1) is 32.7. The molecule has 0 atom stereocenters. The Morgan fingerprint density at radius 2 is 1.21 bits per heavy atom. The maximum atomic E-state index is 15.0. The number of nitrogens with one attached hydrogen (secondary N) is 2. The second kappa shape index (κ2) is 11.1. The number of halogens is 14. The number of carbonyl (C=O) groups is 2. The summed E-state index contributed by atoms with van der Waals surface area (Å²) in [6.45, 7) is 0. The van der Waals surface area contributed by atoms with E-state index < -0.39 is 97.6 Å². The Kier molecular flexibility index (Phi) is 8.64. The van der Waals surface area contributed by atoms with Crippen LogP contribution in [-0.2, 0) is 11.8 Å². The number of hydrogen-bond donors (Lipinski definition) is 2. The van der Waals surface area contributed by atoms with Crippen molar-refractivity contribution in [2.75, 3.05) is 10.6 Å². The third-order valence-electron chi connectivity index (χ3n) is 5.49. The van der Waals surface area contributed by atoms with Gasteiger partial charge in [0.2, 0.25) is 0 Å². The minimum Gasteiger partial charge on any atom is -0.320 e. The van der Waals surface area contributed by atoms with Gasteiger partial charge in [-0.25, -0.2) is 17.6 Å². The molecule has 0 heterocycles. The first-order valence-corrected chi connectivity index (χ1v) is 11.5. The van der Waals surface area contributed by atoms with Crippen LogP contribution < -0.4 is 10.6 Å². The fourth-order valence-corrected chi connectivity index (χ4v) is 4.09. The van der Waals surface area contributed by atoms with Crippen molar-refractivity contribution in [3.63, 3.8) is 0 Å². The van der Waals surface area contributed by atoms with Crippen molar-refractivity contribution in [1.29, 1.82) is 0 Å². The molecule has 0 spiro atoms. The molecule has 0 bridgehead atoms. The van der Waals surface area contributed by atoms with Gasteiger partial charge in [0.1, 0.15) is 17.2 Å². The number of benzene rings is 3.